The van der Waals surface area contributed by atoms with E-state index in [4.69, 9.17) is 18.9 Å². The molecule has 0 aromatic heterocycles. The Kier molecular flexibility index (Phi) is 4.09. The van der Waals surface area contributed by atoms with Crippen LogP contribution in [0.3, 0.4) is 0 Å². The van der Waals surface area contributed by atoms with Gasteiger partial charge in [-0.25, -0.2) is 4.79 Å². The van der Waals surface area contributed by atoms with Crippen LogP contribution in [-0.4, -0.2) is 43.3 Å². The Morgan fingerprint density at radius 3 is 2.61 bits per heavy atom. The number of carbonyl (C=O) groups excluding carboxylic acids is 1. The first-order valence-corrected chi connectivity index (χ1v) is 8.45. The van der Waals surface area contributed by atoms with E-state index in [0.717, 1.165) is 25.7 Å². The molecule has 3 atom stereocenters. The average Bonchev–Trinajstić information content (AvgIpc) is 2.95. The summed E-state index contributed by atoms with van der Waals surface area (Å²) in [6, 6.07) is 9.01. The van der Waals surface area contributed by atoms with E-state index in [9.17, 15) is 4.79 Å². The Morgan fingerprint density at radius 1 is 1.04 bits per heavy atom. The van der Waals surface area contributed by atoms with Gasteiger partial charge in [-0.3, -0.25) is 0 Å². The summed E-state index contributed by atoms with van der Waals surface area (Å²) in [4.78, 5) is 12.3. The Balaban J connectivity index is 1.46. The lowest BCUT2D eigenvalue weighted by Gasteiger charge is -2.32. The molecule has 5 heteroatoms. The lowest BCUT2D eigenvalue weighted by atomic mass is 9.94. The van der Waals surface area contributed by atoms with E-state index in [1.54, 1.807) is 12.1 Å². The van der Waals surface area contributed by atoms with Crippen LogP contribution in [0.15, 0.2) is 30.3 Å². The van der Waals surface area contributed by atoms with E-state index in [2.05, 4.69) is 0 Å². The third kappa shape index (κ3) is 3.01. The minimum absolute atomic E-state index is 0.143. The number of carbonyl (C=O) groups is 1. The van der Waals surface area contributed by atoms with Crippen molar-refractivity contribution in [1.29, 1.82) is 0 Å². The molecule has 0 bridgehead atoms. The number of benzene rings is 1. The van der Waals surface area contributed by atoms with Crippen molar-refractivity contribution in [2.45, 2.75) is 56.2 Å². The molecule has 1 spiro atoms. The van der Waals surface area contributed by atoms with Crippen molar-refractivity contribution >= 4 is 5.97 Å². The van der Waals surface area contributed by atoms with Crippen LogP contribution in [0.4, 0.5) is 0 Å². The summed E-state index contributed by atoms with van der Waals surface area (Å²) in [5.41, 5.74) is 0.543. The molecule has 3 fully saturated rings. The van der Waals surface area contributed by atoms with Crippen LogP contribution in [0.2, 0.25) is 0 Å². The second-order valence-electron chi connectivity index (χ2n) is 6.56. The first-order chi connectivity index (χ1) is 11.3. The number of esters is 1. The van der Waals surface area contributed by atoms with Crippen LogP contribution in [0.25, 0.3) is 0 Å². The van der Waals surface area contributed by atoms with Gasteiger partial charge < -0.3 is 18.9 Å². The Hall–Kier alpha value is -1.43. The van der Waals surface area contributed by atoms with Gasteiger partial charge in [0.25, 0.3) is 0 Å². The zero-order chi connectivity index (χ0) is 15.7. The number of fused-ring (bicyclic) bond motifs is 1. The van der Waals surface area contributed by atoms with Gasteiger partial charge in [0.05, 0.1) is 18.8 Å². The Morgan fingerprint density at radius 2 is 1.83 bits per heavy atom. The van der Waals surface area contributed by atoms with E-state index in [1.807, 2.05) is 18.2 Å². The highest BCUT2D eigenvalue weighted by atomic mass is 16.8. The fourth-order valence-corrected chi connectivity index (χ4v) is 3.74. The molecule has 0 amide bonds. The maximum absolute atomic E-state index is 12.3. The Labute approximate surface area is 135 Å². The second-order valence-corrected chi connectivity index (χ2v) is 6.56. The predicted molar refractivity (Wildman–Crippen MR) is 82.0 cm³/mol. The monoisotopic (exact) mass is 318 g/mol. The van der Waals surface area contributed by atoms with Crippen molar-refractivity contribution < 1.29 is 23.7 Å². The minimum atomic E-state index is -0.487. The van der Waals surface area contributed by atoms with E-state index in [0.29, 0.717) is 18.8 Å². The molecule has 1 saturated carbocycles. The van der Waals surface area contributed by atoms with Crippen LogP contribution in [0, 0.1) is 0 Å². The lowest BCUT2D eigenvalue weighted by molar-refractivity contribution is -0.198. The van der Waals surface area contributed by atoms with Crippen molar-refractivity contribution in [1.82, 2.24) is 0 Å². The molecule has 23 heavy (non-hydrogen) atoms. The lowest BCUT2D eigenvalue weighted by Crippen LogP contribution is -2.48. The summed E-state index contributed by atoms with van der Waals surface area (Å²) in [6.07, 6.45) is 4.52. The molecule has 124 valence electrons. The molecule has 0 N–H and O–H groups in total. The van der Waals surface area contributed by atoms with Crippen LogP contribution < -0.4 is 0 Å². The molecule has 1 aromatic rings. The third-order valence-corrected chi connectivity index (χ3v) is 4.90. The van der Waals surface area contributed by atoms with Crippen molar-refractivity contribution in [3.8, 4) is 0 Å². The van der Waals surface area contributed by atoms with Crippen molar-refractivity contribution in [3.05, 3.63) is 35.9 Å². The summed E-state index contributed by atoms with van der Waals surface area (Å²) in [5, 5.41) is 0. The maximum atomic E-state index is 12.3. The van der Waals surface area contributed by atoms with Gasteiger partial charge in [-0.2, -0.15) is 0 Å². The topological polar surface area (TPSA) is 54.0 Å². The fraction of sp³-hybridized carbons (Fsp3) is 0.611. The average molecular weight is 318 g/mol. The maximum Gasteiger partial charge on any atom is 0.338 e. The van der Waals surface area contributed by atoms with Crippen LogP contribution >= 0.6 is 0 Å². The Bertz CT molecular complexity index is 552. The van der Waals surface area contributed by atoms with Crippen LogP contribution in [0.5, 0.6) is 0 Å². The third-order valence-electron chi connectivity index (χ3n) is 4.90. The van der Waals surface area contributed by atoms with Crippen molar-refractivity contribution in [3.63, 3.8) is 0 Å². The van der Waals surface area contributed by atoms with Crippen LogP contribution in [0.1, 0.15) is 42.5 Å². The molecule has 2 heterocycles. The van der Waals surface area contributed by atoms with Gasteiger partial charge in [0.15, 0.2) is 11.9 Å². The highest BCUT2D eigenvalue weighted by molar-refractivity contribution is 5.89. The molecule has 1 aromatic carbocycles. The fourth-order valence-electron chi connectivity index (χ4n) is 3.74. The standard InChI is InChI=1S/C18H22O5/c19-17(13-7-3-1-4-8-13)21-14-11-20-12-15-16(14)23-18(22-15)9-5-2-6-10-18/h1,3-4,7-8,14-16H,2,5-6,9-12H2. The van der Waals surface area contributed by atoms with Gasteiger partial charge in [-0.05, 0) is 25.0 Å². The number of hydrogen-bond donors (Lipinski definition) is 0. The molecule has 3 unspecified atom stereocenters. The van der Waals surface area contributed by atoms with E-state index in [1.165, 1.54) is 6.42 Å². The van der Waals surface area contributed by atoms with E-state index in [-0.39, 0.29) is 18.2 Å². The molecule has 0 radical (unpaired) electrons. The summed E-state index contributed by atoms with van der Waals surface area (Å²) in [7, 11) is 0. The summed E-state index contributed by atoms with van der Waals surface area (Å²) in [6.45, 7) is 0.866. The van der Waals surface area contributed by atoms with E-state index < -0.39 is 11.9 Å². The first kappa shape index (κ1) is 15.1. The molecule has 2 aliphatic heterocycles. The SMILES string of the molecule is O=C(OC1COCC2OC3(CCCCC3)OC12)c1ccccc1. The summed E-state index contributed by atoms with van der Waals surface area (Å²) < 4.78 is 23.7. The van der Waals surface area contributed by atoms with Crippen LogP contribution in [-0.2, 0) is 18.9 Å². The number of ether oxygens (including phenoxy) is 4. The minimum Gasteiger partial charge on any atom is -0.453 e. The quantitative estimate of drug-likeness (QED) is 0.785. The largest absolute Gasteiger partial charge is 0.453 e. The summed E-state index contributed by atoms with van der Waals surface area (Å²) in [5.74, 6) is -0.827. The zero-order valence-corrected chi connectivity index (χ0v) is 13.1. The smallest absolute Gasteiger partial charge is 0.338 e. The van der Waals surface area contributed by atoms with Gasteiger partial charge in [-0.1, -0.05) is 24.6 Å². The van der Waals surface area contributed by atoms with Gasteiger partial charge >= 0.3 is 5.97 Å². The predicted octanol–water partition coefficient (Wildman–Crippen LogP) is 2.69. The number of rotatable bonds is 2. The molecule has 1 aliphatic carbocycles. The van der Waals surface area contributed by atoms with Gasteiger partial charge in [0.1, 0.15) is 12.2 Å². The van der Waals surface area contributed by atoms with Gasteiger partial charge in [0.2, 0.25) is 0 Å². The summed E-state index contributed by atoms with van der Waals surface area (Å²) >= 11 is 0. The second kappa shape index (κ2) is 6.23. The molecular weight excluding hydrogens is 296 g/mol. The number of hydrogen-bond acceptors (Lipinski definition) is 5. The normalized spacial score (nSPS) is 32.4. The van der Waals surface area contributed by atoms with Crippen molar-refractivity contribution in [2.24, 2.45) is 0 Å². The highest BCUT2D eigenvalue weighted by Gasteiger charge is 2.53. The highest BCUT2D eigenvalue weighted by Crippen LogP contribution is 2.42. The van der Waals surface area contributed by atoms with Gasteiger partial charge in [-0.15, -0.1) is 0 Å². The van der Waals surface area contributed by atoms with Gasteiger partial charge in [0, 0.05) is 12.8 Å². The first-order valence-electron chi connectivity index (χ1n) is 8.45. The molecule has 5 nitrogen and oxygen atoms in total. The molecule has 3 aliphatic rings. The zero-order valence-electron chi connectivity index (χ0n) is 13.1. The molecule has 2 saturated heterocycles. The van der Waals surface area contributed by atoms with Crippen molar-refractivity contribution in [2.75, 3.05) is 13.2 Å². The molecular formula is C18H22O5. The van der Waals surface area contributed by atoms with E-state index >= 15 is 0 Å². The molecule has 4 rings (SSSR count).